The second-order valence-electron chi connectivity index (χ2n) is 4.11. The van der Waals surface area contributed by atoms with Gasteiger partial charge in [0.2, 0.25) is 0 Å². The van der Waals surface area contributed by atoms with E-state index in [9.17, 15) is 5.11 Å². The van der Waals surface area contributed by atoms with E-state index in [2.05, 4.69) is 18.4 Å². The molecule has 0 amide bonds. The van der Waals surface area contributed by atoms with Crippen molar-refractivity contribution in [2.45, 2.75) is 18.8 Å². The first-order valence-corrected chi connectivity index (χ1v) is 6.14. The SMILES string of the molecule is C=CC[C@@H](C(OC)OC)[C@H](O)C#Cc1ccccc1. The van der Waals surface area contributed by atoms with Crippen LogP contribution in [0.15, 0.2) is 43.0 Å². The van der Waals surface area contributed by atoms with Crippen LogP contribution in [0, 0.1) is 17.8 Å². The molecule has 1 rings (SSSR count). The predicted molar refractivity (Wildman–Crippen MR) is 75.4 cm³/mol. The number of rotatable bonds is 6. The van der Waals surface area contributed by atoms with Crippen LogP contribution in [0.1, 0.15) is 12.0 Å². The Labute approximate surface area is 114 Å². The molecule has 102 valence electrons. The molecular weight excluding hydrogens is 240 g/mol. The molecule has 0 spiro atoms. The maximum atomic E-state index is 10.2. The van der Waals surface area contributed by atoms with E-state index in [0.717, 1.165) is 5.56 Å². The average molecular weight is 260 g/mol. The zero-order valence-electron chi connectivity index (χ0n) is 11.4. The van der Waals surface area contributed by atoms with Crippen molar-refractivity contribution in [3.8, 4) is 11.8 Å². The lowest BCUT2D eigenvalue weighted by atomic mass is 9.97. The highest BCUT2D eigenvalue weighted by Gasteiger charge is 2.26. The third-order valence-corrected chi connectivity index (χ3v) is 2.80. The molecule has 0 aromatic heterocycles. The number of ether oxygens (including phenoxy) is 2. The molecule has 2 atom stereocenters. The van der Waals surface area contributed by atoms with Crippen LogP contribution in [-0.2, 0) is 9.47 Å². The van der Waals surface area contributed by atoms with E-state index in [1.807, 2.05) is 30.3 Å². The molecule has 0 saturated heterocycles. The van der Waals surface area contributed by atoms with Gasteiger partial charge in [0.15, 0.2) is 6.29 Å². The molecule has 3 heteroatoms. The van der Waals surface area contributed by atoms with Crippen LogP contribution in [0.25, 0.3) is 0 Å². The highest BCUT2D eigenvalue weighted by atomic mass is 16.7. The second-order valence-corrected chi connectivity index (χ2v) is 4.11. The molecule has 0 aliphatic rings. The Kier molecular flexibility index (Phi) is 6.91. The quantitative estimate of drug-likeness (QED) is 0.484. The number of hydrogen-bond acceptors (Lipinski definition) is 3. The molecule has 0 radical (unpaired) electrons. The normalized spacial score (nSPS) is 13.5. The van der Waals surface area contributed by atoms with Crippen molar-refractivity contribution < 1.29 is 14.6 Å². The summed E-state index contributed by atoms with van der Waals surface area (Å²) < 4.78 is 10.4. The third-order valence-electron chi connectivity index (χ3n) is 2.80. The maximum absolute atomic E-state index is 10.2. The summed E-state index contributed by atoms with van der Waals surface area (Å²) in [5.41, 5.74) is 0.866. The highest BCUT2D eigenvalue weighted by molar-refractivity contribution is 5.34. The van der Waals surface area contributed by atoms with Crippen molar-refractivity contribution >= 4 is 0 Å². The Morgan fingerprint density at radius 3 is 2.42 bits per heavy atom. The maximum Gasteiger partial charge on any atom is 0.163 e. The van der Waals surface area contributed by atoms with Gasteiger partial charge < -0.3 is 14.6 Å². The van der Waals surface area contributed by atoms with E-state index in [-0.39, 0.29) is 5.92 Å². The number of benzene rings is 1. The lowest BCUT2D eigenvalue weighted by molar-refractivity contribution is -0.152. The van der Waals surface area contributed by atoms with Gasteiger partial charge in [-0.1, -0.05) is 36.1 Å². The van der Waals surface area contributed by atoms with E-state index in [4.69, 9.17) is 9.47 Å². The summed E-state index contributed by atoms with van der Waals surface area (Å²) in [7, 11) is 3.09. The van der Waals surface area contributed by atoms with E-state index in [0.29, 0.717) is 6.42 Å². The fourth-order valence-electron chi connectivity index (χ4n) is 1.81. The zero-order valence-corrected chi connectivity index (χ0v) is 11.4. The number of aliphatic hydroxyl groups excluding tert-OH is 1. The number of methoxy groups -OCH3 is 2. The van der Waals surface area contributed by atoms with E-state index >= 15 is 0 Å². The van der Waals surface area contributed by atoms with Gasteiger partial charge in [-0.05, 0) is 18.6 Å². The standard InChI is InChI=1S/C16H20O3/c1-4-8-14(16(18-2)19-3)15(17)12-11-13-9-6-5-7-10-13/h4-7,9-10,14-17H,1,8H2,2-3H3/t14-,15-/m1/s1. The van der Waals surface area contributed by atoms with Gasteiger partial charge in [0, 0.05) is 19.8 Å². The molecule has 0 saturated carbocycles. The van der Waals surface area contributed by atoms with Gasteiger partial charge in [0.1, 0.15) is 6.10 Å². The second kappa shape index (κ2) is 8.49. The Balaban J connectivity index is 2.80. The van der Waals surface area contributed by atoms with Crippen molar-refractivity contribution in [1.29, 1.82) is 0 Å². The third kappa shape index (κ3) is 4.88. The fraction of sp³-hybridized carbons (Fsp3) is 0.375. The minimum absolute atomic E-state index is 0.260. The number of allylic oxidation sites excluding steroid dienone is 1. The lowest BCUT2D eigenvalue weighted by Crippen LogP contribution is -2.33. The smallest absolute Gasteiger partial charge is 0.163 e. The van der Waals surface area contributed by atoms with Crippen molar-refractivity contribution in [1.82, 2.24) is 0 Å². The van der Waals surface area contributed by atoms with Gasteiger partial charge in [-0.25, -0.2) is 0 Å². The monoisotopic (exact) mass is 260 g/mol. The van der Waals surface area contributed by atoms with Crippen molar-refractivity contribution in [3.63, 3.8) is 0 Å². The first-order valence-electron chi connectivity index (χ1n) is 6.14. The molecule has 0 aliphatic carbocycles. The lowest BCUT2D eigenvalue weighted by Gasteiger charge is -2.25. The molecule has 0 fully saturated rings. The van der Waals surface area contributed by atoms with Gasteiger partial charge in [0.05, 0.1) is 5.92 Å². The molecule has 0 heterocycles. The van der Waals surface area contributed by atoms with Crippen LogP contribution in [-0.4, -0.2) is 31.7 Å². The summed E-state index contributed by atoms with van der Waals surface area (Å²) in [6.07, 6.45) is 0.960. The Morgan fingerprint density at radius 1 is 1.26 bits per heavy atom. The molecule has 0 bridgehead atoms. The molecule has 1 aromatic rings. The highest BCUT2D eigenvalue weighted by Crippen LogP contribution is 2.18. The average Bonchev–Trinajstić information content (AvgIpc) is 2.46. The van der Waals surface area contributed by atoms with Crippen LogP contribution in [0.5, 0.6) is 0 Å². The molecule has 1 N–H and O–H groups in total. The van der Waals surface area contributed by atoms with Gasteiger partial charge in [0.25, 0.3) is 0 Å². The van der Waals surface area contributed by atoms with E-state index < -0.39 is 12.4 Å². The first-order chi connectivity index (χ1) is 9.22. The molecular formula is C16H20O3. The molecule has 19 heavy (non-hydrogen) atoms. The fourth-order valence-corrected chi connectivity index (χ4v) is 1.81. The van der Waals surface area contributed by atoms with Crippen molar-refractivity contribution in [2.24, 2.45) is 5.92 Å². The van der Waals surface area contributed by atoms with Crippen LogP contribution in [0.2, 0.25) is 0 Å². The summed E-state index contributed by atoms with van der Waals surface area (Å²) in [5, 5.41) is 10.2. The summed E-state index contributed by atoms with van der Waals surface area (Å²) in [6, 6.07) is 9.53. The molecule has 0 aliphatic heterocycles. The summed E-state index contributed by atoms with van der Waals surface area (Å²) in [6.45, 7) is 3.68. The summed E-state index contributed by atoms with van der Waals surface area (Å²) >= 11 is 0. The van der Waals surface area contributed by atoms with Crippen molar-refractivity contribution in [2.75, 3.05) is 14.2 Å². The molecule has 1 aromatic carbocycles. The van der Waals surface area contributed by atoms with E-state index in [1.165, 1.54) is 0 Å². The predicted octanol–water partition coefficient (Wildman–Crippen LogP) is 2.21. The van der Waals surface area contributed by atoms with Crippen LogP contribution in [0.4, 0.5) is 0 Å². The van der Waals surface area contributed by atoms with Gasteiger partial charge >= 0.3 is 0 Å². The minimum atomic E-state index is -0.830. The first kappa shape index (κ1) is 15.5. The Bertz CT molecular complexity index is 426. The summed E-state index contributed by atoms with van der Waals surface area (Å²) in [5.74, 6) is 5.51. The summed E-state index contributed by atoms with van der Waals surface area (Å²) in [4.78, 5) is 0. The van der Waals surface area contributed by atoms with Crippen LogP contribution >= 0.6 is 0 Å². The molecule has 3 nitrogen and oxygen atoms in total. The van der Waals surface area contributed by atoms with E-state index in [1.54, 1.807) is 20.3 Å². The zero-order chi connectivity index (χ0) is 14.1. The van der Waals surface area contributed by atoms with Gasteiger partial charge in [-0.2, -0.15) is 0 Å². The Morgan fingerprint density at radius 2 is 1.89 bits per heavy atom. The Hall–Kier alpha value is -1.60. The number of aliphatic hydroxyl groups is 1. The minimum Gasteiger partial charge on any atom is -0.380 e. The van der Waals surface area contributed by atoms with Crippen LogP contribution < -0.4 is 0 Å². The van der Waals surface area contributed by atoms with Gasteiger partial charge in [-0.15, -0.1) is 6.58 Å². The number of hydrogen-bond donors (Lipinski definition) is 1. The topological polar surface area (TPSA) is 38.7 Å². The van der Waals surface area contributed by atoms with Crippen molar-refractivity contribution in [3.05, 3.63) is 48.6 Å². The van der Waals surface area contributed by atoms with Gasteiger partial charge in [-0.3, -0.25) is 0 Å². The molecule has 0 unspecified atom stereocenters. The van der Waals surface area contributed by atoms with Crippen LogP contribution in [0.3, 0.4) is 0 Å². The largest absolute Gasteiger partial charge is 0.380 e.